The molecule has 110 valence electrons. The van der Waals surface area contributed by atoms with Crippen LogP contribution in [0.1, 0.15) is 46.8 Å². The molecule has 1 amide bonds. The molecule has 2 N–H and O–H groups in total. The number of benzene rings is 2. The molecule has 0 aliphatic rings. The number of carbonyl (C=O) groups is 1. The second-order valence-corrected chi connectivity index (χ2v) is 5.65. The van der Waals surface area contributed by atoms with Crippen LogP contribution in [-0.2, 0) is 0 Å². The van der Waals surface area contributed by atoms with Crippen molar-refractivity contribution in [3.05, 3.63) is 58.7 Å². The highest BCUT2D eigenvalue weighted by atomic mass is 16.3. The molecular formula is C18H21NO2. The Morgan fingerprint density at radius 3 is 2.38 bits per heavy atom. The molecule has 3 nitrogen and oxygen atoms in total. The SMILES string of the molecule is Cc1cc(O)c(C(C)C)cc1NC(=O)c1ccccc1C. The molecule has 0 saturated heterocycles. The van der Waals surface area contributed by atoms with Crippen molar-refractivity contribution >= 4 is 11.6 Å². The zero-order valence-electron chi connectivity index (χ0n) is 12.9. The van der Waals surface area contributed by atoms with Crippen LogP contribution in [0.5, 0.6) is 5.75 Å². The van der Waals surface area contributed by atoms with Crippen LogP contribution in [0, 0.1) is 13.8 Å². The van der Waals surface area contributed by atoms with Crippen LogP contribution in [0.15, 0.2) is 36.4 Å². The second kappa shape index (κ2) is 6.00. The molecule has 0 fully saturated rings. The standard InChI is InChI=1S/C18H21NO2/c1-11(2)15-10-16(13(4)9-17(15)20)19-18(21)14-8-6-5-7-12(14)3/h5-11,20H,1-4H3,(H,19,21). The maximum atomic E-state index is 12.4. The summed E-state index contributed by atoms with van der Waals surface area (Å²) >= 11 is 0. The lowest BCUT2D eigenvalue weighted by molar-refractivity contribution is 0.102. The average Bonchev–Trinajstić information content (AvgIpc) is 2.41. The van der Waals surface area contributed by atoms with E-state index in [1.165, 1.54) is 0 Å². The molecule has 0 heterocycles. The van der Waals surface area contributed by atoms with Gasteiger partial charge in [-0.05, 0) is 54.7 Å². The summed E-state index contributed by atoms with van der Waals surface area (Å²) < 4.78 is 0. The van der Waals surface area contributed by atoms with E-state index in [0.29, 0.717) is 5.56 Å². The third-order valence-electron chi connectivity index (χ3n) is 3.63. The van der Waals surface area contributed by atoms with Gasteiger partial charge in [-0.3, -0.25) is 4.79 Å². The lowest BCUT2D eigenvalue weighted by Crippen LogP contribution is -2.14. The van der Waals surface area contributed by atoms with Crippen LogP contribution >= 0.6 is 0 Å². The Bertz CT molecular complexity index is 675. The maximum Gasteiger partial charge on any atom is 0.255 e. The van der Waals surface area contributed by atoms with Gasteiger partial charge >= 0.3 is 0 Å². The van der Waals surface area contributed by atoms with E-state index in [-0.39, 0.29) is 17.6 Å². The van der Waals surface area contributed by atoms with Gasteiger partial charge in [-0.25, -0.2) is 0 Å². The van der Waals surface area contributed by atoms with Gasteiger partial charge in [0.15, 0.2) is 0 Å². The summed E-state index contributed by atoms with van der Waals surface area (Å²) in [6, 6.07) is 11.0. The van der Waals surface area contributed by atoms with Crippen molar-refractivity contribution in [1.29, 1.82) is 0 Å². The van der Waals surface area contributed by atoms with E-state index in [4.69, 9.17) is 0 Å². The molecule has 0 aliphatic heterocycles. The van der Waals surface area contributed by atoms with Crippen molar-refractivity contribution in [1.82, 2.24) is 0 Å². The quantitative estimate of drug-likeness (QED) is 0.821. The Balaban J connectivity index is 2.34. The number of amides is 1. The van der Waals surface area contributed by atoms with Crippen molar-refractivity contribution in [2.75, 3.05) is 5.32 Å². The number of aryl methyl sites for hydroxylation is 2. The number of rotatable bonds is 3. The molecule has 0 spiro atoms. The Hall–Kier alpha value is -2.29. The van der Waals surface area contributed by atoms with E-state index >= 15 is 0 Å². The molecule has 3 heteroatoms. The summed E-state index contributed by atoms with van der Waals surface area (Å²) in [5, 5.41) is 12.9. The number of anilines is 1. The fourth-order valence-corrected chi connectivity index (χ4v) is 2.32. The minimum absolute atomic E-state index is 0.128. The zero-order valence-corrected chi connectivity index (χ0v) is 12.9. The molecule has 0 unspecified atom stereocenters. The molecule has 0 aromatic heterocycles. The molecule has 2 aromatic rings. The molecule has 0 saturated carbocycles. The minimum atomic E-state index is -0.128. The highest BCUT2D eigenvalue weighted by Gasteiger charge is 2.13. The first kappa shape index (κ1) is 15.1. The summed E-state index contributed by atoms with van der Waals surface area (Å²) in [4.78, 5) is 12.4. The third-order valence-corrected chi connectivity index (χ3v) is 3.63. The van der Waals surface area contributed by atoms with Gasteiger partial charge in [-0.2, -0.15) is 0 Å². The molecular weight excluding hydrogens is 262 g/mol. The number of aromatic hydroxyl groups is 1. The van der Waals surface area contributed by atoms with E-state index in [2.05, 4.69) is 5.32 Å². The lowest BCUT2D eigenvalue weighted by Gasteiger charge is -2.15. The van der Waals surface area contributed by atoms with Crippen LogP contribution in [-0.4, -0.2) is 11.0 Å². The van der Waals surface area contributed by atoms with Crippen molar-refractivity contribution in [2.24, 2.45) is 0 Å². The smallest absolute Gasteiger partial charge is 0.255 e. The molecule has 2 rings (SSSR count). The van der Waals surface area contributed by atoms with E-state index in [0.717, 1.165) is 22.4 Å². The number of hydrogen-bond acceptors (Lipinski definition) is 2. The van der Waals surface area contributed by atoms with E-state index in [1.54, 1.807) is 6.07 Å². The highest BCUT2D eigenvalue weighted by Crippen LogP contribution is 2.31. The van der Waals surface area contributed by atoms with Gasteiger partial charge in [0.1, 0.15) is 5.75 Å². The highest BCUT2D eigenvalue weighted by molar-refractivity contribution is 6.05. The Labute approximate surface area is 125 Å². The van der Waals surface area contributed by atoms with Crippen LogP contribution in [0.4, 0.5) is 5.69 Å². The van der Waals surface area contributed by atoms with E-state index < -0.39 is 0 Å². The second-order valence-electron chi connectivity index (χ2n) is 5.65. The molecule has 21 heavy (non-hydrogen) atoms. The third kappa shape index (κ3) is 3.24. The normalized spacial score (nSPS) is 10.7. The van der Waals surface area contributed by atoms with Crippen molar-refractivity contribution in [3.63, 3.8) is 0 Å². The Morgan fingerprint density at radius 2 is 1.76 bits per heavy atom. The summed E-state index contributed by atoms with van der Waals surface area (Å²) in [6.07, 6.45) is 0. The van der Waals surface area contributed by atoms with Crippen LogP contribution < -0.4 is 5.32 Å². The average molecular weight is 283 g/mol. The number of carbonyl (C=O) groups excluding carboxylic acids is 1. The Kier molecular flexibility index (Phi) is 4.32. The molecule has 0 bridgehead atoms. The number of hydrogen-bond donors (Lipinski definition) is 2. The summed E-state index contributed by atoms with van der Waals surface area (Å²) in [5.74, 6) is 0.340. The molecule has 0 aliphatic carbocycles. The summed E-state index contributed by atoms with van der Waals surface area (Å²) in [7, 11) is 0. The number of nitrogens with one attached hydrogen (secondary N) is 1. The summed E-state index contributed by atoms with van der Waals surface area (Å²) in [5.41, 5.74) is 4.02. The van der Waals surface area contributed by atoms with Crippen LogP contribution in [0.3, 0.4) is 0 Å². The van der Waals surface area contributed by atoms with Gasteiger partial charge in [0, 0.05) is 11.3 Å². The van der Waals surface area contributed by atoms with Gasteiger partial charge in [-0.15, -0.1) is 0 Å². The Morgan fingerprint density at radius 1 is 1.10 bits per heavy atom. The first-order chi connectivity index (χ1) is 9.90. The number of phenolic OH excluding ortho intramolecular Hbond substituents is 1. The minimum Gasteiger partial charge on any atom is -0.508 e. The summed E-state index contributed by atoms with van der Waals surface area (Å²) in [6.45, 7) is 7.81. The largest absolute Gasteiger partial charge is 0.508 e. The van der Waals surface area contributed by atoms with E-state index in [1.807, 2.05) is 58.0 Å². The maximum absolute atomic E-state index is 12.4. The molecule has 0 radical (unpaired) electrons. The van der Waals surface area contributed by atoms with E-state index in [9.17, 15) is 9.90 Å². The lowest BCUT2D eigenvalue weighted by atomic mass is 9.99. The zero-order chi connectivity index (χ0) is 15.6. The van der Waals surface area contributed by atoms with Gasteiger partial charge < -0.3 is 10.4 Å². The number of phenols is 1. The predicted molar refractivity (Wildman–Crippen MR) is 86.1 cm³/mol. The molecule has 2 aromatic carbocycles. The van der Waals surface area contributed by atoms with Gasteiger partial charge in [0.05, 0.1) is 0 Å². The van der Waals surface area contributed by atoms with Crippen molar-refractivity contribution in [2.45, 2.75) is 33.6 Å². The van der Waals surface area contributed by atoms with Crippen molar-refractivity contribution in [3.8, 4) is 5.75 Å². The van der Waals surface area contributed by atoms with Gasteiger partial charge in [0.2, 0.25) is 0 Å². The predicted octanol–water partition coefficient (Wildman–Crippen LogP) is 4.38. The monoisotopic (exact) mass is 283 g/mol. The fraction of sp³-hybridized carbons (Fsp3) is 0.278. The topological polar surface area (TPSA) is 49.3 Å². The van der Waals surface area contributed by atoms with Crippen LogP contribution in [0.25, 0.3) is 0 Å². The van der Waals surface area contributed by atoms with Gasteiger partial charge in [0.25, 0.3) is 5.91 Å². The van der Waals surface area contributed by atoms with Gasteiger partial charge in [-0.1, -0.05) is 32.0 Å². The first-order valence-electron chi connectivity index (χ1n) is 7.10. The first-order valence-corrected chi connectivity index (χ1v) is 7.10. The fourth-order valence-electron chi connectivity index (χ4n) is 2.32. The molecule has 0 atom stereocenters. The van der Waals surface area contributed by atoms with Crippen molar-refractivity contribution < 1.29 is 9.90 Å². The van der Waals surface area contributed by atoms with Crippen LogP contribution in [0.2, 0.25) is 0 Å².